The lowest BCUT2D eigenvalue weighted by molar-refractivity contribution is 0.0948. The Hall–Kier alpha value is -3.63. The van der Waals surface area contributed by atoms with Crippen molar-refractivity contribution in [3.63, 3.8) is 0 Å². The average molecular weight is 539 g/mol. The van der Waals surface area contributed by atoms with Crippen molar-refractivity contribution in [3.05, 3.63) is 81.9 Å². The summed E-state index contributed by atoms with van der Waals surface area (Å²) >= 11 is 7.49. The Morgan fingerprint density at radius 3 is 2.38 bits per heavy atom. The monoisotopic (exact) mass is 538 g/mol. The van der Waals surface area contributed by atoms with Crippen molar-refractivity contribution in [2.24, 2.45) is 0 Å². The van der Waals surface area contributed by atoms with Crippen LogP contribution in [0.4, 0.5) is 0 Å². The molecule has 0 atom stereocenters. The Labute approximate surface area is 224 Å². The van der Waals surface area contributed by atoms with E-state index in [9.17, 15) is 4.79 Å². The van der Waals surface area contributed by atoms with Gasteiger partial charge in [0.05, 0.1) is 25.6 Å². The highest BCUT2D eigenvalue weighted by atomic mass is 35.5. The molecule has 9 nitrogen and oxygen atoms in total. The maximum atomic E-state index is 13.2. The van der Waals surface area contributed by atoms with Gasteiger partial charge in [-0.2, -0.15) is 0 Å². The van der Waals surface area contributed by atoms with Crippen LogP contribution in [0.1, 0.15) is 33.1 Å². The third-order valence-electron chi connectivity index (χ3n) is 5.50. The quantitative estimate of drug-likeness (QED) is 0.230. The zero-order valence-electron chi connectivity index (χ0n) is 21.0. The van der Waals surface area contributed by atoms with Gasteiger partial charge in [-0.1, -0.05) is 34.6 Å². The molecule has 0 spiro atoms. The molecule has 2 aromatic heterocycles. The number of methoxy groups -OCH3 is 2. The van der Waals surface area contributed by atoms with E-state index in [2.05, 4.69) is 25.6 Å². The van der Waals surface area contributed by atoms with Crippen LogP contribution >= 0.6 is 23.4 Å². The number of ether oxygens (including phenoxy) is 2. The number of rotatable bonds is 10. The van der Waals surface area contributed by atoms with Gasteiger partial charge in [0.15, 0.2) is 22.3 Å². The number of amides is 1. The van der Waals surface area contributed by atoms with Crippen molar-refractivity contribution in [2.75, 3.05) is 20.8 Å². The molecular formula is C26H27ClN6O3S. The first kappa shape index (κ1) is 26.4. The molecule has 1 N–H and O–H groups in total. The number of carbonyl (C=O) groups excluding carboxylic acids is 1. The molecule has 0 unspecified atom stereocenters. The third kappa shape index (κ3) is 6.58. The number of nitrogens with one attached hydrogen (secondary N) is 1. The van der Waals surface area contributed by atoms with Gasteiger partial charge in [-0.25, -0.2) is 14.6 Å². The molecule has 0 saturated carbocycles. The second-order valence-corrected chi connectivity index (χ2v) is 9.57. The number of aromatic nitrogens is 5. The molecule has 4 rings (SSSR count). The number of carbonyl (C=O) groups is 1. The van der Waals surface area contributed by atoms with Gasteiger partial charge in [-0.15, -0.1) is 5.10 Å². The van der Waals surface area contributed by atoms with Crippen LogP contribution in [0.15, 0.2) is 53.7 Å². The summed E-state index contributed by atoms with van der Waals surface area (Å²) in [5, 5.41) is 12.7. The molecule has 37 heavy (non-hydrogen) atoms. The van der Waals surface area contributed by atoms with Crippen LogP contribution in [0.5, 0.6) is 11.5 Å². The molecule has 0 aliphatic heterocycles. The molecule has 0 radical (unpaired) electrons. The minimum atomic E-state index is -0.308. The Balaban J connectivity index is 1.52. The van der Waals surface area contributed by atoms with E-state index >= 15 is 0 Å². The van der Waals surface area contributed by atoms with Gasteiger partial charge in [0.2, 0.25) is 0 Å². The first-order valence-corrected chi connectivity index (χ1v) is 12.9. The number of thioether (sulfide) groups is 1. The summed E-state index contributed by atoms with van der Waals surface area (Å²) in [5.74, 6) is 1.39. The maximum absolute atomic E-state index is 13.2. The predicted octanol–water partition coefficient (Wildman–Crippen LogP) is 4.61. The highest BCUT2D eigenvalue weighted by Crippen LogP contribution is 2.28. The zero-order chi connectivity index (χ0) is 26.4. The molecule has 4 aromatic rings. The first-order chi connectivity index (χ1) is 17.9. The molecule has 2 heterocycles. The zero-order valence-corrected chi connectivity index (χ0v) is 22.6. The normalized spacial score (nSPS) is 10.8. The molecule has 0 bridgehead atoms. The number of benzene rings is 2. The van der Waals surface area contributed by atoms with Crippen LogP contribution in [-0.2, 0) is 12.2 Å². The van der Waals surface area contributed by atoms with E-state index in [0.717, 1.165) is 22.6 Å². The minimum Gasteiger partial charge on any atom is -0.493 e. The Morgan fingerprint density at radius 1 is 1.00 bits per heavy atom. The summed E-state index contributed by atoms with van der Waals surface area (Å²) in [6.07, 6.45) is 0.609. The lowest BCUT2D eigenvalue weighted by Crippen LogP contribution is -2.27. The van der Waals surface area contributed by atoms with E-state index < -0.39 is 0 Å². The van der Waals surface area contributed by atoms with E-state index in [1.807, 2.05) is 50.2 Å². The Morgan fingerprint density at radius 2 is 1.70 bits per heavy atom. The summed E-state index contributed by atoms with van der Waals surface area (Å²) in [7, 11) is 3.19. The highest BCUT2D eigenvalue weighted by Gasteiger charge is 2.21. The number of aryl methyl sites for hydroxylation is 2. The van der Waals surface area contributed by atoms with Crippen LogP contribution in [-0.4, -0.2) is 51.6 Å². The van der Waals surface area contributed by atoms with Crippen molar-refractivity contribution in [3.8, 4) is 17.2 Å². The molecular weight excluding hydrogens is 512 g/mol. The van der Waals surface area contributed by atoms with E-state index in [1.165, 1.54) is 11.8 Å². The van der Waals surface area contributed by atoms with Gasteiger partial charge in [0.25, 0.3) is 5.91 Å². The number of hydrogen-bond donors (Lipinski definition) is 1. The molecule has 11 heteroatoms. The maximum Gasteiger partial charge on any atom is 0.273 e. The standard InChI is InChI=1S/C26H27ClN6O3S/c1-16-13-17(2)30-26(29-16)37-15-21-24(31-32-33(21)20-8-6-19(27)7-9-20)25(34)28-12-11-18-5-10-22(35-3)23(14-18)36-4/h5-10,13-14H,11-12,15H2,1-4H3,(H,28,34). The largest absolute Gasteiger partial charge is 0.493 e. The van der Waals surface area contributed by atoms with Gasteiger partial charge in [-0.05, 0) is 68.3 Å². The predicted molar refractivity (Wildman–Crippen MR) is 143 cm³/mol. The lowest BCUT2D eigenvalue weighted by Gasteiger charge is -2.10. The molecule has 0 fully saturated rings. The van der Waals surface area contributed by atoms with E-state index in [-0.39, 0.29) is 11.6 Å². The highest BCUT2D eigenvalue weighted by molar-refractivity contribution is 7.98. The van der Waals surface area contributed by atoms with Crippen LogP contribution in [0.2, 0.25) is 5.02 Å². The summed E-state index contributed by atoms with van der Waals surface area (Å²) in [6.45, 7) is 4.26. The average Bonchev–Trinajstić information content (AvgIpc) is 3.31. The molecule has 0 saturated heterocycles. The van der Waals surface area contributed by atoms with Gasteiger partial charge >= 0.3 is 0 Å². The van der Waals surface area contributed by atoms with Gasteiger partial charge in [-0.3, -0.25) is 4.79 Å². The van der Waals surface area contributed by atoms with Gasteiger partial charge in [0, 0.05) is 28.7 Å². The number of nitrogens with zero attached hydrogens (tertiary/aromatic N) is 5. The number of halogens is 1. The topological polar surface area (TPSA) is 104 Å². The van der Waals surface area contributed by atoms with Crippen molar-refractivity contribution in [2.45, 2.75) is 31.2 Å². The fourth-order valence-corrected chi connectivity index (χ4v) is 4.80. The summed E-state index contributed by atoms with van der Waals surface area (Å²) in [4.78, 5) is 22.2. The summed E-state index contributed by atoms with van der Waals surface area (Å²) in [5.41, 5.74) is 4.40. The first-order valence-electron chi connectivity index (χ1n) is 11.5. The molecule has 2 aromatic carbocycles. The second-order valence-electron chi connectivity index (χ2n) is 8.19. The van der Waals surface area contributed by atoms with Gasteiger partial charge in [0.1, 0.15) is 0 Å². The van der Waals surface area contributed by atoms with Crippen LogP contribution in [0, 0.1) is 13.8 Å². The molecule has 0 aliphatic rings. The van der Waals surface area contributed by atoms with Crippen LogP contribution in [0.3, 0.4) is 0 Å². The minimum absolute atomic E-state index is 0.249. The third-order valence-corrected chi connectivity index (χ3v) is 6.61. The lowest BCUT2D eigenvalue weighted by atomic mass is 10.1. The van der Waals surface area contributed by atoms with E-state index in [1.54, 1.807) is 31.0 Å². The smallest absolute Gasteiger partial charge is 0.273 e. The van der Waals surface area contributed by atoms with E-state index in [0.29, 0.717) is 46.1 Å². The fourth-order valence-electron chi connectivity index (χ4n) is 3.73. The molecule has 1 amide bonds. The number of hydrogen-bond acceptors (Lipinski definition) is 8. The Kier molecular flexibility index (Phi) is 8.62. The summed E-state index contributed by atoms with van der Waals surface area (Å²) < 4.78 is 12.3. The van der Waals surface area contributed by atoms with Crippen LogP contribution < -0.4 is 14.8 Å². The van der Waals surface area contributed by atoms with Gasteiger partial charge < -0.3 is 14.8 Å². The SMILES string of the molecule is COc1ccc(CCNC(=O)c2nnn(-c3ccc(Cl)cc3)c2CSc2nc(C)cc(C)n2)cc1OC. The molecule has 192 valence electrons. The Bertz CT molecular complexity index is 1370. The van der Waals surface area contributed by atoms with Crippen molar-refractivity contribution in [1.82, 2.24) is 30.3 Å². The fraction of sp³-hybridized carbons (Fsp3) is 0.269. The van der Waals surface area contributed by atoms with Crippen molar-refractivity contribution in [1.29, 1.82) is 0 Å². The van der Waals surface area contributed by atoms with Crippen LogP contribution in [0.25, 0.3) is 5.69 Å². The summed E-state index contributed by atoms with van der Waals surface area (Å²) in [6, 6.07) is 14.8. The van der Waals surface area contributed by atoms with Crippen molar-refractivity contribution >= 4 is 29.3 Å². The molecule has 0 aliphatic carbocycles. The van der Waals surface area contributed by atoms with E-state index in [4.69, 9.17) is 21.1 Å². The second kappa shape index (κ2) is 12.1. The van der Waals surface area contributed by atoms with Crippen molar-refractivity contribution < 1.29 is 14.3 Å².